The Morgan fingerprint density at radius 3 is 2.38 bits per heavy atom. The predicted molar refractivity (Wildman–Crippen MR) is 151 cm³/mol. The fourth-order valence-corrected chi connectivity index (χ4v) is 4.35. The number of benzene rings is 3. The van der Waals surface area contributed by atoms with E-state index in [0.717, 1.165) is 26.8 Å². The molecule has 4 aromatic rings. The summed E-state index contributed by atoms with van der Waals surface area (Å²) in [5.74, 6) is -1.61. The second kappa shape index (κ2) is 12.0. The molecule has 0 aliphatic rings. The van der Waals surface area contributed by atoms with Crippen LogP contribution in [0.15, 0.2) is 73.1 Å². The molecular formula is C29H29N5O6. The lowest BCUT2D eigenvalue weighted by atomic mass is 10.0. The Bertz CT molecular complexity index is 1580. The van der Waals surface area contributed by atoms with E-state index in [1.54, 1.807) is 37.3 Å². The molecule has 4 amide bonds. The number of aromatic nitrogens is 1. The van der Waals surface area contributed by atoms with Crippen LogP contribution < -0.4 is 21.3 Å². The summed E-state index contributed by atoms with van der Waals surface area (Å²) < 4.78 is 6.80. The van der Waals surface area contributed by atoms with Crippen LogP contribution in [0, 0.1) is 6.92 Å². The molecule has 0 radical (unpaired) electrons. The smallest absolute Gasteiger partial charge is 0.338 e. The first-order valence-electron chi connectivity index (χ1n) is 12.5. The van der Waals surface area contributed by atoms with Crippen LogP contribution in [0.2, 0.25) is 0 Å². The number of aliphatic carboxylic acids is 1. The molecule has 0 aliphatic carbocycles. The highest BCUT2D eigenvalue weighted by atomic mass is 16.5. The molecule has 0 unspecified atom stereocenters. The van der Waals surface area contributed by atoms with Gasteiger partial charge in [0.25, 0.3) is 0 Å². The maximum atomic E-state index is 12.4. The van der Waals surface area contributed by atoms with Gasteiger partial charge in [0.2, 0.25) is 0 Å². The molecule has 0 saturated carbocycles. The van der Waals surface area contributed by atoms with Crippen LogP contribution in [0.4, 0.5) is 21.0 Å². The Morgan fingerprint density at radius 2 is 1.73 bits per heavy atom. The fraction of sp³-hybridized carbons (Fsp3) is 0.172. The number of amides is 4. The van der Waals surface area contributed by atoms with Gasteiger partial charge in [-0.2, -0.15) is 0 Å². The molecule has 0 atom stereocenters. The standard InChI is InChI=1S/C29H29N5O6/c1-3-40-27(37)20-8-10-21(11-9-20)32-29(39)31-15-19-12-13-33(16-19)25-14-24(34(28(30)38)17-26(35)36)18(2)22-6-4-5-7-23(22)25/h4-14,16H,3,15,17H2,1-2H3,(H2,30,38)(H,35,36)(H2,31,32,39). The van der Waals surface area contributed by atoms with Gasteiger partial charge in [-0.1, -0.05) is 24.3 Å². The molecule has 0 aliphatic heterocycles. The number of hydrogen-bond donors (Lipinski definition) is 4. The van der Waals surface area contributed by atoms with E-state index in [1.165, 1.54) is 0 Å². The van der Waals surface area contributed by atoms with Crippen LogP contribution in [-0.2, 0) is 16.1 Å². The Labute approximate surface area is 230 Å². The number of aryl methyl sites for hydroxylation is 1. The topological polar surface area (TPSA) is 156 Å². The van der Waals surface area contributed by atoms with Crippen molar-refractivity contribution < 1.29 is 29.0 Å². The number of carboxylic acid groups (broad SMARTS) is 1. The molecule has 11 nitrogen and oxygen atoms in total. The number of carbonyl (C=O) groups excluding carboxylic acids is 3. The summed E-state index contributed by atoms with van der Waals surface area (Å²) in [4.78, 5) is 48.8. The summed E-state index contributed by atoms with van der Waals surface area (Å²) in [6.45, 7) is 3.47. The first-order chi connectivity index (χ1) is 19.2. The first kappa shape index (κ1) is 27.7. The zero-order valence-electron chi connectivity index (χ0n) is 22.0. The monoisotopic (exact) mass is 543 g/mol. The van der Waals surface area contributed by atoms with Crippen molar-refractivity contribution in [1.82, 2.24) is 9.88 Å². The molecule has 3 aromatic carbocycles. The van der Waals surface area contributed by atoms with E-state index in [2.05, 4.69) is 10.6 Å². The number of primary amides is 1. The summed E-state index contributed by atoms with van der Waals surface area (Å²) in [5.41, 5.74) is 9.07. The Kier molecular flexibility index (Phi) is 8.33. The van der Waals surface area contributed by atoms with Crippen molar-refractivity contribution in [2.75, 3.05) is 23.4 Å². The molecule has 11 heteroatoms. The molecule has 0 fully saturated rings. The molecule has 4 rings (SSSR count). The largest absolute Gasteiger partial charge is 0.480 e. The number of anilines is 2. The van der Waals surface area contributed by atoms with Crippen LogP contribution in [0.1, 0.15) is 28.4 Å². The minimum atomic E-state index is -1.18. The normalized spacial score (nSPS) is 10.7. The highest BCUT2D eigenvalue weighted by molar-refractivity contribution is 6.03. The molecule has 0 spiro atoms. The Morgan fingerprint density at radius 1 is 1.02 bits per heavy atom. The van der Waals surface area contributed by atoms with Crippen molar-refractivity contribution in [1.29, 1.82) is 0 Å². The molecular weight excluding hydrogens is 514 g/mol. The van der Waals surface area contributed by atoms with Gasteiger partial charge in [0.1, 0.15) is 6.54 Å². The quantitative estimate of drug-likeness (QED) is 0.229. The average Bonchev–Trinajstić information content (AvgIpc) is 3.40. The molecule has 1 aromatic heterocycles. The number of ether oxygens (including phenoxy) is 1. The number of nitrogens with zero attached hydrogens (tertiary/aromatic N) is 2. The molecule has 40 heavy (non-hydrogen) atoms. The van der Waals surface area contributed by atoms with Crippen molar-refractivity contribution in [3.05, 3.63) is 89.7 Å². The highest BCUT2D eigenvalue weighted by Gasteiger charge is 2.21. The third-order valence-electron chi connectivity index (χ3n) is 6.25. The summed E-state index contributed by atoms with van der Waals surface area (Å²) in [5, 5.41) is 16.6. The maximum absolute atomic E-state index is 12.4. The molecule has 0 bridgehead atoms. The summed E-state index contributed by atoms with van der Waals surface area (Å²) in [6, 6.07) is 16.2. The number of rotatable bonds is 9. The summed E-state index contributed by atoms with van der Waals surface area (Å²) in [6.07, 6.45) is 3.65. The number of fused-ring (bicyclic) bond motifs is 1. The third-order valence-corrected chi connectivity index (χ3v) is 6.25. The van der Waals surface area contributed by atoms with Crippen molar-refractivity contribution in [3.8, 4) is 5.69 Å². The van der Waals surface area contributed by atoms with E-state index < -0.39 is 30.5 Å². The first-order valence-corrected chi connectivity index (χ1v) is 12.5. The third kappa shape index (κ3) is 6.21. The van der Waals surface area contributed by atoms with E-state index in [4.69, 9.17) is 10.5 Å². The number of carboxylic acids is 1. The zero-order valence-corrected chi connectivity index (χ0v) is 22.0. The van der Waals surface area contributed by atoms with E-state index in [9.17, 15) is 24.3 Å². The fourth-order valence-electron chi connectivity index (χ4n) is 4.35. The maximum Gasteiger partial charge on any atom is 0.338 e. The lowest BCUT2D eigenvalue weighted by Crippen LogP contribution is -2.40. The number of esters is 1. The number of nitrogens with two attached hydrogens (primary N) is 1. The van der Waals surface area contributed by atoms with Gasteiger partial charge in [0, 0.05) is 30.0 Å². The van der Waals surface area contributed by atoms with Gasteiger partial charge in [0.05, 0.1) is 23.5 Å². The summed E-state index contributed by atoms with van der Waals surface area (Å²) >= 11 is 0. The minimum absolute atomic E-state index is 0.225. The van der Waals surface area contributed by atoms with Gasteiger partial charge in [-0.3, -0.25) is 9.69 Å². The van der Waals surface area contributed by atoms with E-state index in [1.807, 2.05) is 54.2 Å². The van der Waals surface area contributed by atoms with Crippen molar-refractivity contribution in [3.63, 3.8) is 0 Å². The number of urea groups is 2. The lowest BCUT2D eigenvalue weighted by molar-refractivity contribution is -0.135. The second-order valence-electron chi connectivity index (χ2n) is 8.94. The van der Waals surface area contributed by atoms with Crippen LogP contribution in [0.25, 0.3) is 16.5 Å². The Hall–Kier alpha value is -5.32. The van der Waals surface area contributed by atoms with Gasteiger partial charge in [-0.25, -0.2) is 14.4 Å². The van der Waals surface area contributed by atoms with Gasteiger partial charge in [-0.05, 0) is 66.8 Å². The SMILES string of the molecule is CCOC(=O)c1ccc(NC(=O)NCc2ccn(-c3cc(N(CC(=O)O)C(N)=O)c(C)c4ccccc34)c2)cc1. The number of carbonyl (C=O) groups is 4. The predicted octanol–water partition coefficient (Wildman–Crippen LogP) is 4.41. The van der Waals surface area contributed by atoms with Gasteiger partial charge in [-0.15, -0.1) is 0 Å². The van der Waals surface area contributed by atoms with Crippen LogP contribution in [-0.4, -0.2) is 46.8 Å². The highest BCUT2D eigenvalue weighted by Crippen LogP contribution is 2.34. The van der Waals surface area contributed by atoms with Gasteiger partial charge >= 0.3 is 24.0 Å². The van der Waals surface area contributed by atoms with Crippen molar-refractivity contribution in [2.24, 2.45) is 5.73 Å². The molecule has 206 valence electrons. The van der Waals surface area contributed by atoms with E-state index >= 15 is 0 Å². The van der Waals surface area contributed by atoms with Crippen LogP contribution >= 0.6 is 0 Å². The van der Waals surface area contributed by atoms with Gasteiger partial charge in [0.15, 0.2) is 0 Å². The van der Waals surface area contributed by atoms with Crippen molar-refractivity contribution >= 4 is 46.1 Å². The molecule has 0 saturated heterocycles. The lowest BCUT2D eigenvalue weighted by Gasteiger charge is -2.23. The molecule has 5 N–H and O–H groups in total. The van der Waals surface area contributed by atoms with Crippen molar-refractivity contribution in [2.45, 2.75) is 20.4 Å². The van der Waals surface area contributed by atoms with E-state index in [-0.39, 0.29) is 13.2 Å². The Balaban J connectivity index is 1.52. The zero-order chi connectivity index (χ0) is 28.8. The number of nitrogens with one attached hydrogen (secondary N) is 2. The molecule has 1 heterocycles. The van der Waals surface area contributed by atoms with Crippen LogP contribution in [0.3, 0.4) is 0 Å². The summed E-state index contributed by atoms with van der Waals surface area (Å²) in [7, 11) is 0. The van der Waals surface area contributed by atoms with Gasteiger partial charge < -0.3 is 30.8 Å². The van der Waals surface area contributed by atoms with E-state index in [0.29, 0.717) is 22.6 Å². The average molecular weight is 544 g/mol. The second-order valence-corrected chi connectivity index (χ2v) is 8.94. The number of hydrogen-bond acceptors (Lipinski definition) is 5. The van der Waals surface area contributed by atoms with Crippen LogP contribution in [0.5, 0.6) is 0 Å². The minimum Gasteiger partial charge on any atom is -0.480 e.